The number of piperidine rings is 1. The number of nitrogens with one attached hydrogen (secondary N) is 1. The molecule has 3 heterocycles. The molecule has 188 valence electrons. The molecule has 1 amide bonds. The van der Waals surface area contributed by atoms with Crippen LogP contribution < -0.4 is 19.9 Å². The molecular weight excluding hydrogens is 495 g/mol. The summed E-state index contributed by atoms with van der Waals surface area (Å²) < 4.78 is 46.7. The zero-order chi connectivity index (χ0) is 25.7. The van der Waals surface area contributed by atoms with Crippen molar-refractivity contribution in [2.24, 2.45) is 0 Å². The quantitative estimate of drug-likeness (QED) is 0.475. The highest BCUT2D eigenvalue weighted by molar-refractivity contribution is 7.81. The largest absolute Gasteiger partial charge is 0.490 e. The third kappa shape index (κ3) is 3.87. The molecule has 12 heteroatoms. The molecular formula is C24H22F3N5O3S. The van der Waals surface area contributed by atoms with Crippen molar-refractivity contribution in [1.29, 1.82) is 5.26 Å². The van der Waals surface area contributed by atoms with Gasteiger partial charge in [-0.3, -0.25) is 14.5 Å². The number of rotatable bonds is 4. The lowest BCUT2D eigenvalue weighted by molar-refractivity contribution is -0.140. The summed E-state index contributed by atoms with van der Waals surface area (Å²) >= 11 is 4.56. The predicted octanol–water partition coefficient (Wildman–Crippen LogP) is 3.27. The second-order valence-electron chi connectivity index (χ2n) is 8.94. The maximum Gasteiger partial charge on any atom is 0.419 e. The molecule has 0 bridgehead atoms. The third-order valence-corrected chi connectivity index (χ3v) is 7.35. The molecule has 3 aliphatic rings. The number of pyridine rings is 1. The van der Waals surface area contributed by atoms with Gasteiger partial charge in [0.15, 0.2) is 22.5 Å². The number of carbonyl (C=O) groups excluding carboxylic acids is 2. The molecule has 8 nitrogen and oxygen atoms in total. The summed E-state index contributed by atoms with van der Waals surface area (Å²) in [5.74, 6) is -0.362. The fourth-order valence-electron chi connectivity index (χ4n) is 4.95. The van der Waals surface area contributed by atoms with E-state index in [-0.39, 0.29) is 30.4 Å². The predicted molar refractivity (Wildman–Crippen MR) is 127 cm³/mol. The van der Waals surface area contributed by atoms with E-state index in [1.807, 2.05) is 0 Å². The lowest BCUT2D eigenvalue weighted by Gasteiger charge is -2.42. The van der Waals surface area contributed by atoms with Crippen molar-refractivity contribution in [2.45, 2.75) is 49.0 Å². The molecule has 2 atom stereocenters. The number of nitrogens with zero attached hydrogens (tertiary/aromatic N) is 4. The normalized spacial score (nSPS) is 24.7. The van der Waals surface area contributed by atoms with Gasteiger partial charge in [0.1, 0.15) is 17.9 Å². The van der Waals surface area contributed by atoms with E-state index in [0.29, 0.717) is 17.5 Å². The van der Waals surface area contributed by atoms with Gasteiger partial charge in [-0.25, -0.2) is 4.98 Å². The number of ether oxygens (including phenoxy) is 1. The van der Waals surface area contributed by atoms with Gasteiger partial charge in [0, 0.05) is 12.1 Å². The number of aromatic nitrogens is 1. The molecule has 2 aromatic rings. The minimum absolute atomic E-state index is 0.0878. The molecule has 1 spiro atoms. The zero-order valence-corrected chi connectivity index (χ0v) is 19.9. The Labute approximate surface area is 210 Å². The van der Waals surface area contributed by atoms with Crippen LogP contribution in [0.3, 0.4) is 0 Å². The summed E-state index contributed by atoms with van der Waals surface area (Å²) in [6.07, 6.45) is -1.60. The summed E-state index contributed by atoms with van der Waals surface area (Å²) in [4.78, 5) is 32.6. The van der Waals surface area contributed by atoms with Crippen LogP contribution in [0.25, 0.3) is 0 Å². The standard InChI is InChI=1S/C24H22F3N5O3S/c25-24(26,27)18-11-15(13-30-19(18)12-28)31-21(34)23(8-5-20(23)33)32(22(31)36)14-1-3-16(4-2-14)35-17-6-9-29-10-7-17/h1-4,11,13,17,22,29,36H,5-10H2. The van der Waals surface area contributed by atoms with Gasteiger partial charge >= 0.3 is 6.18 Å². The van der Waals surface area contributed by atoms with E-state index in [4.69, 9.17) is 10.00 Å². The fraction of sp³-hybridized carbons (Fsp3) is 0.417. The van der Waals surface area contributed by atoms with Gasteiger partial charge in [0.25, 0.3) is 5.91 Å². The lowest BCUT2D eigenvalue weighted by Crippen LogP contribution is -2.62. The Morgan fingerprint density at radius 2 is 1.86 bits per heavy atom. The van der Waals surface area contributed by atoms with Crippen LogP contribution in [0.5, 0.6) is 5.75 Å². The smallest absolute Gasteiger partial charge is 0.419 e. The molecule has 2 aliphatic heterocycles. The van der Waals surface area contributed by atoms with Crippen molar-refractivity contribution >= 4 is 35.7 Å². The topological polar surface area (TPSA) is 98.6 Å². The van der Waals surface area contributed by atoms with Gasteiger partial charge in [0.2, 0.25) is 0 Å². The number of ketones is 1. The Bertz CT molecular complexity index is 1240. The van der Waals surface area contributed by atoms with E-state index in [2.05, 4.69) is 22.9 Å². The number of carbonyl (C=O) groups is 2. The molecule has 2 saturated heterocycles. The molecule has 5 rings (SSSR count). The average molecular weight is 518 g/mol. The van der Waals surface area contributed by atoms with Crippen LogP contribution in [0.4, 0.5) is 24.5 Å². The highest BCUT2D eigenvalue weighted by Gasteiger charge is 2.65. The van der Waals surface area contributed by atoms with Crippen molar-refractivity contribution in [1.82, 2.24) is 10.3 Å². The molecule has 1 saturated carbocycles. The van der Waals surface area contributed by atoms with Gasteiger partial charge in [-0.1, -0.05) is 0 Å². The molecule has 36 heavy (non-hydrogen) atoms. The summed E-state index contributed by atoms with van der Waals surface area (Å²) in [6, 6.07) is 9.03. The van der Waals surface area contributed by atoms with E-state index in [0.717, 1.165) is 37.0 Å². The second kappa shape index (κ2) is 8.97. The molecule has 2 unspecified atom stereocenters. The number of hydrogen-bond donors (Lipinski definition) is 2. The third-order valence-electron chi connectivity index (χ3n) is 6.89. The Morgan fingerprint density at radius 1 is 1.17 bits per heavy atom. The summed E-state index contributed by atoms with van der Waals surface area (Å²) in [7, 11) is 0. The van der Waals surface area contributed by atoms with Crippen LogP contribution in [-0.2, 0) is 15.8 Å². The highest BCUT2D eigenvalue weighted by atomic mass is 32.1. The van der Waals surface area contributed by atoms with Gasteiger partial charge in [-0.15, -0.1) is 12.6 Å². The van der Waals surface area contributed by atoms with Crippen molar-refractivity contribution < 1.29 is 27.5 Å². The number of nitriles is 1. The summed E-state index contributed by atoms with van der Waals surface area (Å²) in [5, 5.41) is 12.3. The first kappa shape index (κ1) is 24.4. The number of alkyl halides is 3. The molecule has 1 aromatic heterocycles. The van der Waals surface area contributed by atoms with Gasteiger partial charge in [0.05, 0.1) is 17.4 Å². The van der Waals surface area contributed by atoms with E-state index in [1.165, 1.54) is 11.0 Å². The van der Waals surface area contributed by atoms with Crippen LogP contribution in [0.1, 0.15) is 36.9 Å². The molecule has 1 aromatic carbocycles. The monoisotopic (exact) mass is 517 g/mol. The van der Waals surface area contributed by atoms with Crippen molar-refractivity contribution in [3.63, 3.8) is 0 Å². The Morgan fingerprint density at radius 3 is 2.42 bits per heavy atom. The number of amides is 1. The van der Waals surface area contributed by atoms with Crippen LogP contribution in [-0.4, -0.2) is 46.9 Å². The number of Topliss-reactive ketones (excluding diaryl/α,β-unsaturated/α-hetero) is 1. The Kier molecular flexibility index (Phi) is 6.08. The second-order valence-corrected chi connectivity index (χ2v) is 9.40. The summed E-state index contributed by atoms with van der Waals surface area (Å²) in [6.45, 7) is 1.75. The number of benzene rings is 1. The minimum Gasteiger partial charge on any atom is -0.490 e. The molecule has 0 radical (unpaired) electrons. The van der Waals surface area contributed by atoms with Gasteiger partial charge in [-0.05, 0) is 62.7 Å². The van der Waals surface area contributed by atoms with Crippen molar-refractivity contribution in [3.05, 3.63) is 47.8 Å². The Balaban J connectivity index is 1.49. The maximum absolute atomic E-state index is 13.6. The van der Waals surface area contributed by atoms with Crippen molar-refractivity contribution in [2.75, 3.05) is 22.9 Å². The first-order valence-electron chi connectivity index (χ1n) is 11.5. The fourth-order valence-corrected chi connectivity index (χ4v) is 5.52. The van der Waals surface area contributed by atoms with E-state index >= 15 is 0 Å². The first-order valence-corrected chi connectivity index (χ1v) is 12.0. The van der Waals surface area contributed by atoms with Crippen LogP contribution in [0.15, 0.2) is 36.5 Å². The average Bonchev–Trinajstić information content (AvgIpc) is 3.11. The van der Waals surface area contributed by atoms with Crippen LogP contribution >= 0.6 is 12.6 Å². The summed E-state index contributed by atoms with van der Waals surface area (Å²) in [5.41, 5.74) is -4.38. The van der Waals surface area contributed by atoms with Gasteiger partial charge in [-0.2, -0.15) is 18.4 Å². The number of halogens is 3. The zero-order valence-electron chi connectivity index (χ0n) is 19.0. The van der Waals surface area contributed by atoms with Crippen LogP contribution in [0.2, 0.25) is 0 Å². The maximum atomic E-state index is 13.6. The molecule has 3 fully saturated rings. The number of anilines is 2. The highest BCUT2D eigenvalue weighted by Crippen LogP contribution is 2.48. The van der Waals surface area contributed by atoms with E-state index in [1.54, 1.807) is 24.3 Å². The SMILES string of the molecule is N#Cc1ncc(N2C(=O)C3(CCC3=O)N(c3ccc(OC4CCNCC4)cc3)C2S)cc1C(F)(F)F. The number of hydrogen-bond acceptors (Lipinski definition) is 8. The minimum atomic E-state index is -4.85. The van der Waals surface area contributed by atoms with Crippen LogP contribution in [0, 0.1) is 11.3 Å². The van der Waals surface area contributed by atoms with Crippen molar-refractivity contribution in [3.8, 4) is 11.8 Å². The Hall–Kier alpha value is -3.30. The number of thiol groups is 1. The van der Waals surface area contributed by atoms with Gasteiger partial charge < -0.3 is 15.0 Å². The molecule has 1 N–H and O–H groups in total. The van der Waals surface area contributed by atoms with E-state index in [9.17, 15) is 22.8 Å². The first-order chi connectivity index (χ1) is 17.2. The lowest BCUT2D eigenvalue weighted by atomic mass is 9.73. The van der Waals surface area contributed by atoms with E-state index < -0.39 is 34.4 Å². The molecule has 1 aliphatic carbocycles.